The molecule has 0 radical (unpaired) electrons. The Balaban J connectivity index is 1.56. The van der Waals surface area contributed by atoms with Crippen molar-refractivity contribution in [3.05, 3.63) is 0 Å². The number of piperidine rings is 1. The van der Waals surface area contributed by atoms with Gasteiger partial charge < -0.3 is 26.0 Å². The standard InChI is InChI=1S/C26H40N4O6/c1-24(2,3)36-23(35)28-17(14-9-7-6-8-10-14)22(34)30-13-15-16(25(15,4)5)18(30)21(33)29-26(11-12-26)19(31)20(27)32/h14-18H,6-13H2,1-5H3,(H2,27,32)(H,28,35)(H,29,33)/t15?,16?,17-,18-/m0/s1. The molecule has 4 atom stereocenters. The molecule has 4 amide bonds. The van der Waals surface area contributed by atoms with Crippen molar-refractivity contribution in [1.82, 2.24) is 15.5 Å². The Hall–Kier alpha value is -2.65. The zero-order valence-electron chi connectivity index (χ0n) is 22.0. The molecular formula is C26H40N4O6. The quantitative estimate of drug-likeness (QED) is 0.449. The number of alkyl carbamates (subject to hydrolysis) is 1. The van der Waals surface area contributed by atoms with E-state index < -0.39 is 46.9 Å². The Labute approximate surface area is 212 Å². The third-order valence-electron chi connectivity index (χ3n) is 8.59. The van der Waals surface area contributed by atoms with E-state index in [1.54, 1.807) is 25.7 Å². The van der Waals surface area contributed by atoms with Gasteiger partial charge in [-0.15, -0.1) is 0 Å². The van der Waals surface area contributed by atoms with E-state index in [4.69, 9.17) is 10.5 Å². The van der Waals surface area contributed by atoms with E-state index in [2.05, 4.69) is 24.5 Å². The number of ketones is 1. The molecule has 4 rings (SSSR count). The summed E-state index contributed by atoms with van der Waals surface area (Å²) < 4.78 is 5.45. The van der Waals surface area contributed by atoms with Gasteiger partial charge in [0, 0.05) is 6.54 Å². The summed E-state index contributed by atoms with van der Waals surface area (Å²) in [4.78, 5) is 65.7. The molecule has 0 spiro atoms. The van der Waals surface area contributed by atoms with Gasteiger partial charge in [-0.05, 0) is 69.6 Å². The summed E-state index contributed by atoms with van der Waals surface area (Å²) in [5.41, 5.74) is 3.11. The van der Waals surface area contributed by atoms with Crippen molar-refractivity contribution in [3.8, 4) is 0 Å². The lowest BCUT2D eigenvalue weighted by Gasteiger charge is -2.37. The third-order valence-corrected chi connectivity index (χ3v) is 8.59. The Morgan fingerprint density at radius 2 is 1.64 bits per heavy atom. The van der Waals surface area contributed by atoms with Crippen molar-refractivity contribution < 1.29 is 28.7 Å². The molecule has 3 saturated carbocycles. The smallest absolute Gasteiger partial charge is 0.408 e. The largest absolute Gasteiger partial charge is 0.444 e. The van der Waals surface area contributed by atoms with Crippen LogP contribution in [0, 0.1) is 23.2 Å². The van der Waals surface area contributed by atoms with Crippen LogP contribution in [-0.4, -0.2) is 64.3 Å². The molecule has 4 aliphatic rings. The van der Waals surface area contributed by atoms with Crippen molar-refractivity contribution in [2.24, 2.45) is 28.9 Å². The number of primary amides is 1. The van der Waals surface area contributed by atoms with E-state index in [1.807, 2.05) is 0 Å². The molecule has 0 bridgehead atoms. The Morgan fingerprint density at radius 1 is 1.03 bits per heavy atom. The summed E-state index contributed by atoms with van der Waals surface area (Å²) >= 11 is 0. The number of ether oxygens (including phenoxy) is 1. The summed E-state index contributed by atoms with van der Waals surface area (Å²) in [5.74, 6) is -2.56. The number of amides is 4. The van der Waals surface area contributed by atoms with Crippen LogP contribution in [0.15, 0.2) is 0 Å². The normalized spacial score (nSPS) is 28.9. The number of Topliss-reactive ketones (excluding diaryl/α,β-unsaturated/α-hetero) is 1. The van der Waals surface area contributed by atoms with Crippen LogP contribution < -0.4 is 16.4 Å². The van der Waals surface area contributed by atoms with Gasteiger partial charge in [0.05, 0.1) is 0 Å². The highest BCUT2D eigenvalue weighted by molar-refractivity contribution is 6.40. The molecule has 200 valence electrons. The maximum absolute atomic E-state index is 14.0. The van der Waals surface area contributed by atoms with Gasteiger partial charge in [-0.1, -0.05) is 33.1 Å². The summed E-state index contributed by atoms with van der Waals surface area (Å²) in [6.07, 6.45) is 4.72. The number of nitrogens with two attached hydrogens (primary N) is 1. The number of hydrogen-bond donors (Lipinski definition) is 3. The van der Waals surface area contributed by atoms with Gasteiger partial charge in [-0.3, -0.25) is 19.2 Å². The van der Waals surface area contributed by atoms with Gasteiger partial charge in [-0.25, -0.2) is 4.79 Å². The molecule has 36 heavy (non-hydrogen) atoms. The van der Waals surface area contributed by atoms with Gasteiger partial charge in [0.25, 0.3) is 5.91 Å². The fourth-order valence-electron chi connectivity index (χ4n) is 6.35. The molecule has 10 heteroatoms. The molecule has 1 aliphatic heterocycles. The van der Waals surface area contributed by atoms with Crippen molar-refractivity contribution in [1.29, 1.82) is 0 Å². The molecule has 2 unspecified atom stereocenters. The molecule has 4 N–H and O–H groups in total. The molecule has 3 aliphatic carbocycles. The van der Waals surface area contributed by atoms with Crippen LogP contribution in [0.25, 0.3) is 0 Å². The highest BCUT2D eigenvalue weighted by Gasteiger charge is 2.70. The molecule has 0 aromatic carbocycles. The lowest BCUT2D eigenvalue weighted by atomic mass is 9.83. The van der Waals surface area contributed by atoms with Crippen LogP contribution in [0.1, 0.15) is 79.6 Å². The molecular weight excluding hydrogens is 464 g/mol. The number of nitrogens with one attached hydrogen (secondary N) is 2. The average molecular weight is 505 g/mol. The van der Waals surface area contributed by atoms with E-state index in [1.165, 1.54) is 0 Å². The van der Waals surface area contributed by atoms with Crippen LogP contribution in [0.4, 0.5) is 4.79 Å². The topological polar surface area (TPSA) is 148 Å². The van der Waals surface area contributed by atoms with Crippen LogP contribution >= 0.6 is 0 Å². The first kappa shape index (κ1) is 26.4. The first-order valence-corrected chi connectivity index (χ1v) is 13.1. The molecule has 0 aromatic rings. The fourth-order valence-corrected chi connectivity index (χ4v) is 6.35. The lowest BCUT2D eigenvalue weighted by molar-refractivity contribution is -0.145. The zero-order chi connectivity index (χ0) is 26.6. The van der Waals surface area contributed by atoms with E-state index >= 15 is 0 Å². The number of carbonyl (C=O) groups is 5. The number of likely N-dealkylation sites (tertiary alicyclic amines) is 1. The predicted molar refractivity (Wildman–Crippen MR) is 130 cm³/mol. The fraction of sp³-hybridized carbons (Fsp3) is 0.808. The number of nitrogens with zero attached hydrogens (tertiary/aromatic N) is 1. The Bertz CT molecular complexity index is 960. The van der Waals surface area contributed by atoms with Crippen LogP contribution in [0.3, 0.4) is 0 Å². The summed E-state index contributed by atoms with van der Waals surface area (Å²) in [6.45, 7) is 9.85. The maximum Gasteiger partial charge on any atom is 0.408 e. The van der Waals surface area contributed by atoms with Gasteiger partial charge in [0.15, 0.2) is 0 Å². The van der Waals surface area contributed by atoms with Crippen molar-refractivity contribution in [2.45, 2.75) is 103 Å². The molecule has 10 nitrogen and oxygen atoms in total. The van der Waals surface area contributed by atoms with Crippen LogP contribution in [0.5, 0.6) is 0 Å². The summed E-state index contributed by atoms with van der Waals surface area (Å²) in [5, 5.41) is 5.59. The second-order valence-electron chi connectivity index (χ2n) is 12.7. The van der Waals surface area contributed by atoms with Crippen molar-refractivity contribution in [2.75, 3.05) is 6.54 Å². The molecule has 4 fully saturated rings. The van der Waals surface area contributed by atoms with Crippen molar-refractivity contribution in [3.63, 3.8) is 0 Å². The minimum Gasteiger partial charge on any atom is -0.444 e. The average Bonchev–Trinajstić information content (AvgIpc) is 3.59. The van der Waals surface area contributed by atoms with Crippen LogP contribution in [0.2, 0.25) is 0 Å². The SMILES string of the molecule is CC(C)(C)OC(=O)N[C@H](C(=O)N1CC2C([C@H]1C(=O)NC1(C(=O)C(N)=O)CC1)C2(C)C)C1CCCCC1. The number of hydrogen-bond acceptors (Lipinski definition) is 6. The first-order valence-electron chi connectivity index (χ1n) is 13.1. The highest BCUT2D eigenvalue weighted by Crippen LogP contribution is 2.65. The Kier molecular flexibility index (Phi) is 6.62. The third kappa shape index (κ3) is 4.95. The number of fused-ring (bicyclic) bond motifs is 1. The van der Waals surface area contributed by atoms with Gasteiger partial charge in [0.2, 0.25) is 17.6 Å². The number of carbonyl (C=O) groups excluding carboxylic acids is 5. The first-order chi connectivity index (χ1) is 16.7. The molecule has 0 aromatic heterocycles. The zero-order valence-corrected chi connectivity index (χ0v) is 22.0. The Morgan fingerprint density at radius 3 is 2.17 bits per heavy atom. The van der Waals surface area contributed by atoms with E-state index in [-0.39, 0.29) is 29.1 Å². The summed E-state index contributed by atoms with van der Waals surface area (Å²) in [6, 6.07) is -1.57. The van der Waals surface area contributed by atoms with Gasteiger partial charge in [-0.2, -0.15) is 0 Å². The second-order valence-corrected chi connectivity index (χ2v) is 12.7. The second kappa shape index (κ2) is 9.03. The van der Waals surface area contributed by atoms with Crippen LogP contribution in [-0.2, 0) is 23.9 Å². The minimum absolute atomic E-state index is 0.0429. The van der Waals surface area contributed by atoms with E-state index in [0.29, 0.717) is 19.4 Å². The number of rotatable bonds is 7. The lowest BCUT2D eigenvalue weighted by Crippen LogP contribution is -2.60. The monoisotopic (exact) mass is 504 g/mol. The van der Waals surface area contributed by atoms with Gasteiger partial charge in [0.1, 0.15) is 23.2 Å². The minimum atomic E-state index is -1.26. The molecule has 1 heterocycles. The highest BCUT2D eigenvalue weighted by atomic mass is 16.6. The molecule has 1 saturated heterocycles. The summed E-state index contributed by atoms with van der Waals surface area (Å²) in [7, 11) is 0. The van der Waals surface area contributed by atoms with Crippen molar-refractivity contribution >= 4 is 29.6 Å². The maximum atomic E-state index is 14.0. The predicted octanol–water partition coefficient (Wildman–Crippen LogP) is 1.65. The van der Waals surface area contributed by atoms with E-state index in [0.717, 1.165) is 32.1 Å². The van der Waals surface area contributed by atoms with E-state index in [9.17, 15) is 24.0 Å². The van der Waals surface area contributed by atoms with Gasteiger partial charge >= 0.3 is 6.09 Å².